The van der Waals surface area contributed by atoms with E-state index < -0.39 is 158 Å². The first kappa shape index (κ1) is 64.7. The molecule has 1 aliphatic heterocycles. The van der Waals surface area contributed by atoms with E-state index in [1.165, 1.54) is 41.3 Å². The molecule has 20 N–H and O–H groups in total. The summed E-state index contributed by atoms with van der Waals surface area (Å²) >= 11 is 0. The molecule has 1 heterocycles. The number of carboxylic acid groups (broad SMARTS) is 2. The molecule has 1 fully saturated rings. The van der Waals surface area contributed by atoms with Crippen LogP contribution in [-0.2, 0) is 65.6 Å². The number of carbonyl (C=O) groups is 11. The topological polar surface area (TPSA) is 493 Å². The van der Waals surface area contributed by atoms with Crippen molar-refractivity contribution in [3.05, 3.63) is 59.7 Å². The molecular weight excluding hydrogens is 1040 g/mol. The minimum atomic E-state index is -1.78. The molecule has 79 heavy (non-hydrogen) atoms. The lowest BCUT2D eigenvalue weighted by molar-refractivity contribution is -0.143. The van der Waals surface area contributed by atoms with Gasteiger partial charge in [-0.25, -0.2) is 4.79 Å². The Hall–Kier alpha value is -8.60. The van der Waals surface area contributed by atoms with Gasteiger partial charge in [0.2, 0.25) is 53.2 Å². The molecular formula is C50H73N13O16. The number of rotatable bonds is 33. The van der Waals surface area contributed by atoms with Crippen LogP contribution in [0.5, 0.6) is 11.5 Å². The van der Waals surface area contributed by atoms with Crippen molar-refractivity contribution in [1.29, 1.82) is 0 Å². The second-order valence-electron chi connectivity index (χ2n) is 18.9. The number of benzene rings is 2. The summed E-state index contributed by atoms with van der Waals surface area (Å²) in [6.07, 6.45) is -1.50. The lowest BCUT2D eigenvalue weighted by atomic mass is 9.96. The highest BCUT2D eigenvalue weighted by Gasteiger charge is 2.41. The summed E-state index contributed by atoms with van der Waals surface area (Å²) in [4.78, 5) is 150. The van der Waals surface area contributed by atoms with Crippen LogP contribution in [0.2, 0.25) is 0 Å². The van der Waals surface area contributed by atoms with Gasteiger partial charge in [0.1, 0.15) is 53.8 Å². The molecule has 0 aliphatic carbocycles. The summed E-state index contributed by atoms with van der Waals surface area (Å²) in [6, 6.07) is 0.0647. The molecule has 3 rings (SSSR count). The molecule has 29 heteroatoms. The molecule has 2 aromatic carbocycles. The van der Waals surface area contributed by atoms with E-state index in [1.807, 2.05) is 0 Å². The smallest absolute Gasteiger partial charge is 0.328 e. The van der Waals surface area contributed by atoms with Gasteiger partial charge in [0, 0.05) is 32.4 Å². The molecule has 2 aromatic rings. The maximum atomic E-state index is 14.1. The first-order chi connectivity index (χ1) is 37.3. The number of guanidine groups is 1. The van der Waals surface area contributed by atoms with Crippen LogP contribution in [0.25, 0.3) is 0 Å². The number of carboxylic acids is 2. The summed E-state index contributed by atoms with van der Waals surface area (Å²) in [5.74, 6) is -11.9. The van der Waals surface area contributed by atoms with Crippen molar-refractivity contribution in [1.82, 2.24) is 42.1 Å². The predicted molar refractivity (Wildman–Crippen MR) is 280 cm³/mol. The number of aliphatic hydroxyl groups excluding tert-OH is 1. The second kappa shape index (κ2) is 32.2. The Kier molecular flexibility index (Phi) is 26.4. The van der Waals surface area contributed by atoms with Crippen LogP contribution in [0.1, 0.15) is 82.8 Å². The molecule has 29 nitrogen and oxygen atoms in total. The van der Waals surface area contributed by atoms with Gasteiger partial charge in [-0.1, -0.05) is 44.5 Å². The Balaban J connectivity index is 1.79. The van der Waals surface area contributed by atoms with Gasteiger partial charge in [0.05, 0.1) is 19.2 Å². The SMILES string of the molecule is CCC(C)C(NC(=O)C(N)Cc1ccc(O)cc1)C(=O)N1CCCC1C(=O)NC(CCC(=O)O)C(=O)NCC(=O)NC(CCC(N)=O)C(=O)NC(CCCN=C(N)N)C(=O)NC(Cc1ccc(O)cc1)C(=O)NC(CO)C(=O)O. The van der Waals surface area contributed by atoms with Crippen LogP contribution in [-0.4, -0.2) is 176 Å². The number of carbonyl (C=O) groups excluding carboxylic acids is 9. The molecule has 0 aromatic heterocycles. The molecule has 9 atom stereocenters. The van der Waals surface area contributed by atoms with Crippen molar-refractivity contribution in [2.75, 3.05) is 26.2 Å². The molecule has 9 unspecified atom stereocenters. The first-order valence-corrected chi connectivity index (χ1v) is 25.4. The van der Waals surface area contributed by atoms with Crippen molar-refractivity contribution in [3.63, 3.8) is 0 Å². The number of amides is 9. The zero-order chi connectivity index (χ0) is 58.9. The van der Waals surface area contributed by atoms with Gasteiger partial charge in [-0.2, -0.15) is 0 Å². The third-order valence-corrected chi connectivity index (χ3v) is 12.8. The summed E-state index contributed by atoms with van der Waals surface area (Å²) in [6.45, 7) is 1.67. The second-order valence-corrected chi connectivity index (χ2v) is 18.9. The zero-order valence-electron chi connectivity index (χ0n) is 43.9. The Bertz CT molecular complexity index is 2490. The molecule has 0 bridgehead atoms. The minimum absolute atomic E-state index is 0.0227. The van der Waals surface area contributed by atoms with Crippen molar-refractivity contribution >= 4 is 71.1 Å². The van der Waals surface area contributed by atoms with Gasteiger partial charge < -0.3 is 90.6 Å². The molecule has 434 valence electrons. The minimum Gasteiger partial charge on any atom is -0.508 e. The number of likely N-dealkylation sites (tertiary alicyclic amines) is 1. The van der Waals surface area contributed by atoms with E-state index in [-0.39, 0.29) is 62.7 Å². The average Bonchev–Trinajstić information content (AvgIpc) is 3.91. The quantitative estimate of drug-likeness (QED) is 0.0182. The number of phenolic OH excluding ortho intramolecular Hbond substituents is 2. The number of aliphatic carboxylic acids is 2. The average molecular weight is 1110 g/mol. The summed E-state index contributed by atoms with van der Waals surface area (Å²) in [7, 11) is 0. The van der Waals surface area contributed by atoms with Crippen molar-refractivity contribution in [2.45, 2.75) is 133 Å². The highest BCUT2D eigenvalue weighted by Crippen LogP contribution is 2.23. The standard InChI is InChI=1S/C50H73N13O16/c1-3-26(2)41(62-42(71)31(51)22-27-8-12-29(65)13-9-27)48(77)63-21-5-7-37(63)47(76)59-33(17-19-40(69)70)43(72)56-24-39(68)57-34(16-18-38(52)67)45(74)58-32(6-4-20-55-50(53)54)44(73)60-35(23-28-10-14-30(66)15-11-28)46(75)61-36(25-64)49(78)79/h8-15,26,31-37,41,64-66H,3-7,16-25,51H2,1-2H3,(H2,52,67)(H,56,72)(H,57,68)(H,58,74)(H,59,76)(H,60,73)(H,61,75)(H,62,71)(H,69,70)(H,78,79)(H4,53,54,55). The molecule has 1 aliphatic rings. The van der Waals surface area contributed by atoms with Crippen LogP contribution in [0, 0.1) is 5.92 Å². The molecule has 0 radical (unpaired) electrons. The summed E-state index contributed by atoms with van der Waals surface area (Å²) in [5.41, 5.74) is 23.5. The zero-order valence-corrected chi connectivity index (χ0v) is 43.9. The fourth-order valence-electron chi connectivity index (χ4n) is 8.15. The lowest BCUT2D eigenvalue weighted by Gasteiger charge is -2.32. The van der Waals surface area contributed by atoms with E-state index in [4.69, 9.17) is 22.9 Å². The van der Waals surface area contributed by atoms with Gasteiger partial charge >= 0.3 is 11.9 Å². The number of phenols is 2. The number of nitrogens with zero attached hydrogens (tertiary/aromatic N) is 2. The highest BCUT2D eigenvalue weighted by atomic mass is 16.4. The monoisotopic (exact) mass is 1110 g/mol. The number of hydrogen-bond donors (Lipinski definition) is 16. The highest BCUT2D eigenvalue weighted by molar-refractivity contribution is 5.98. The van der Waals surface area contributed by atoms with Gasteiger partial charge in [0.15, 0.2) is 5.96 Å². The number of aliphatic imine (C=N–C) groups is 1. The van der Waals surface area contributed by atoms with E-state index in [0.29, 0.717) is 24.0 Å². The lowest BCUT2D eigenvalue weighted by Crippen LogP contribution is -2.59. The van der Waals surface area contributed by atoms with Crippen LogP contribution in [0.15, 0.2) is 53.5 Å². The number of aromatic hydroxyl groups is 2. The number of aliphatic hydroxyl groups is 1. The fraction of sp³-hybridized carbons (Fsp3) is 0.520. The molecule has 0 saturated carbocycles. The van der Waals surface area contributed by atoms with Crippen LogP contribution >= 0.6 is 0 Å². The Morgan fingerprint density at radius 2 is 1.20 bits per heavy atom. The number of nitrogens with one attached hydrogen (secondary N) is 7. The predicted octanol–water partition coefficient (Wildman–Crippen LogP) is -4.47. The van der Waals surface area contributed by atoms with Gasteiger partial charge in [0.25, 0.3) is 0 Å². The van der Waals surface area contributed by atoms with E-state index in [9.17, 15) is 78.3 Å². The third-order valence-electron chi connectivity index (χ3n) is 12.8. The molecule has 0 spiro atoms. The summed E-state index contributed by atoms with van der Waals surface area (Å²) < 4.78 is 0. The van der Waals surface area contributed by atoms with Crippen molar-refractivity contribution < 1.29 is 78.3 Å². The first-order valence-electron chi connectivity index (χ1n) is 25.4. The Labute approximate surface area is 454 Å². The van der Waals surface area contributed by atoms with Crippen LogP contribution < -0.4 is 60.2 Å². The van der Waals surface area contributed by atoms with Crippen molar-refractivity contribution in [2.24, 2.45) is 33.8 Å². The van der Waals surface area contributed by atoms with E-state index >= 15 is 0 Å². The van der Waals surface area contributed by atoms with Gasteiger partial charge in [-0.15, -0.1) is 0 Å². The van der Waals surface area contributed by atoms with Crippen LogP contribution in [0.4, 0.5) is 0 Å². The number of nitrogens with two attached hydrogens (primary N) is 4. The van der Waals surface area contributed by atoms with Crippen molar-refractivity contribution in [3.8, 4) is 11.5 Å². The van der Waals surface area contributed by atoms with E-state index in [0.717, 1.165) is 0 Å². The molecule has 1 saturated heterocycles. The van der Waals surface area contributed by atoms with Crippen LogP contribution in [0.3, 0.4) is 0 Å². The maximum Gasteiger partial charge on any atom is 0.328 e. The fourth-order valence-corrected chi connectivity index (χ4v) is 8.15. The van der Waals surface area contributed by atoms with E-state index in [2.05, 4.69) is 42.2 Å². The van der Waals surface area contributed by atoms with E-state index in [1.54, 1.807) is 26.0 Å². The Morgan fingerprint density at radius 1 is 0.671 bits per heavy atom. The molecule has 9 amide bonds. The number of primary amides is 1. The third kappa shape index (κ3) is 22.1. The van der Waals surface area contributed by atoms with Gasteiger partial charge in [-0.3, -0.25) is 52.9 Å². The van der Waals surface area contributed by atoms with Gasteiger partial charge in [-0.05, 0) is 86.3 Å². The maximum absolute atomic E-state index is 14.1. The number of hydrogen-bond acceptors (Lipinski definition) is 16. The Morgan fingerprint density at radius 3 is 1.75 bits per heavy atom. The largest absolute Gasteiger partial charge is 0.508 e. The summed E-state index contributed by atoms with van der Waals surface area (Å²) in [5, 5.41) is 64.7. The normalized spacial score (nSPS) is 15.9.